The van der Waals surface area contributed by atoms with Crippen molar-refractivity contribution in [1.82, 2.24) is 14.9 Å². The standard InChI is InChI=1S/C26H26ClN3O/c27-23-6-4-19-15-22(23)16-26-28-11-8-24(29-26)21-3-1-2-18(14-21)5-7-25(31)20-9-12-30(17-19)13-10-20/h1-4,6,8,11,14-15,20H,5,7,9-10,12-13,16-17H2. The fourth-order valence-electron chi connectivity index (χ4n) is 4.71. The highest BCUT2D eigenvalue weighted by atomic mass is 35.5. The highest BCUT2D eigenvalue weighted by Gasteiger charge is 2.25. The van der Waals surface area contributed by atoms with Crippen LogP contribution >= 0.6 is 11.6 Å². The van der Waals surface area contributed by atoms with Crippen LogP contribution in [0.25, 0.3) is 11.3 Å². The van der Waals surface area contributed by atoms with E-state index < -0.39 is 0 Å². The number of Topliss-reactive ketones (excluding diaryl/α,β-unsaturated/α-hetero) is 1. The van der Waals surface area contributed by atoms with Gasteiger partial charge in [0, 0.05) is 42.1 Å². The normalized spacial score (nSPS) is 21.4. The van der Waals surface area contributed by atoms with Crippen LogP contribution in [0.2, 0.25) is 5.02 Å². The number of benzene rings is 2. The third-order valence-electron chi connectivity index (χ3n) is 6.50. The highest BCUT2D eigenvalue weighted by Crippen LogP contribution is 2.26. The van der Waals surface area contributed by atoms with Gasteiger partial charge in [-0.3, -0.25) is 9.69 Å². The number of aromatic nitrogens is 2. The van der Waals surface area contributed by atoms with E-state index in [1.807, 2.05) is 24.4 Å². The molecule has 1 fully saturated rings. The Hall–Kier alpha value is -2.56. The van der Waals surface area contributed by atoms with E-state index in [-0.39, 0.29) is 5.92 Å². The van der Waals surface area contributed by atoms with Crippen molar-refractivity contribution in [2.24, 2.45) is 5.92 Å². The van der Waals surface area contributed by atoms with Crippen LogP contribution in [0.15, 0.2) is 54.7 Å². The SMILES string of the molecule is O=C1CCc2cccc(c2)-c2ccnc(n2)Cc2cc(ccc2Cl)CN2CCC1CC2. The zero-order chi connectivity index (χ0) is 21.2. The van der Waals surface area contributed by atoms with Crippen molar-refractivity contribution >= 4 is 17.4 Å². The quantitative estimate of drug-likeness (QED) is 0.496. The molecule has 0 unspecified atom stereocenters. The smallest absolute Gasteiger partial charge is 0.136 e. The van der Waals surface area contributed by atoms with E-state index >= 15 is 0 Å². The molecule has 0 atom stereocenters. The van der Waals surface area contributed by atoms with E-state index in [4.69, 9.17) is 16.6 Å². The zero-order valence-corrected chi connectivity index (χ0v) is 18.3. The number of hydrogen-bond acceptors (Lipinski definition) is 4. The Bertz CT molecular complexity index is 1110. The number of carbonyl (C=O) groups excluding carboxylic acids is 1. The second kappa shape index (κ2) is 8.89. The van der Waals surface area contributed by atoms with E-state index in [0.29, 0.717) is 18.6 Å². The summed E-state index contributed by atoms with van der Waals surface area (Å²) in [7, 11) is 0. The Morgan fingerprint density at radius 1 is 0.968 bits per heavy atom. The molecule has 0 spiro atoms. The van der Waals surface area contributed by atoms with Crippen LogP contribution in [0.5, 0.6) is 0 Å². The summed E-state index contributed by atoms with van der Waals surface area (Å²) in [5.41, 5.74) is 5.44. The number of rotatable bonds is 0. The second-order valence-electron chi connectivity index (χ2n) is 8.68. The number of aryl methyl sites for hydroxylation is 1. The Balaban J connectivity index is 1.52. The molecule has 0 aliphatic carbocycles. The Labute approximate surface area is 188 Å². The van der Waals surface area contributed by atoms with Crippen LogP contribution in [0.4, 0.5) is 0 Å². The van der Waals surface area contributed by atoms with Gasteiger partial charge in [-0.15, -0.1) is 0 Å². The minimum atomic E-state index is 0.198. The molecule has 2 aromatic carbocycles. The van der Waals surface area contributed by atoms with Gasteiger partial charge in [0.05, 0.1) is 5.69 Å². The monoisotopic (exact) mass is 431 g/mol. The highest BCUT2D eigenvalue weighted by molar-refractivity contribution is 6.31. The lowest BCUT2D eigenvalue weighted by molar-refractivity contribution is -0.124. The molecule has 4 heterocycles. The predicted octanol–water partition coefficient (Wildman–Crippen LogP) is 5.12. The molecule has 3 aromatic rings. The van der Waals surface area contributed by atoms with Crippen molar-refractivity contribution in [2.75, 3.05) is 13.1 Å². The van der Waals surface area contributed by atoms with Crippen molar-refractivity contribution < 1.29 is 4.79 Å². The molecule has 3 aliphatic heterocycles. The molecule has 3 aliphatic rings. The summed E-state index contributed by atoms with van der Waals surface area (Å²) in [5.74, 6) is 1.37. The fourth-order valence-corrected chi connectivity index (χ4v) is 4.89. The lowest BCUT2D eigenvalue weighted by Crippen LogP contribution is -2.36. The molecule has 0 amide bonds. The first-order chi connectivity index (χ1) is 15.1. The van der Waals surface area contributed by atoms with Gasteiger partial charge in [0.2, 0.25) is 0 Å². The first kappa shape index (κ1) is 20.3. The van der Waals surface area contributed by atoms with Gasteiger partial charge in [-0.05, 0) is 67.2 Å². The van der Waals surface area contributed by atoms with Crippen molar-refractivity contribution in [2.45, 2.75) is 38.6 Å². The van der Waals surface area contributed by atoms with Gasteiger partial charge in [-0.25, -0.2) is 9.97 Å². The number of carbonyl (C=O) groups is 1. The van der Waals surface area contributed by atoms with Gasteiger partial charge in [-0.2, -0.15) is 0 Å². The molecule has 6 rings (SSSR count). The minimum absolute atomic E-state index is 0.198. The largest absolute Gasteiger partial charge is 0.299 e. The third kappa shape index (κ3) is 4.70. The van der Waals surface area contributed by atoms with Crippen molar-refractivity contribution in [3.05, 3.63) is 82.3 Å². The van der Waals surface area contributed by atoms with Crippen molar-refractivity contribution in [1.29, 1.82) is 0 Å². The molecule has 1 saturated heterocycles. The number of hydrogen-bond donors (Lipinski definition) is 0. The van der Waals surface area contributed by atoms with Crippen molar-refractivity contribution in [3.63, 3.8) is 0 Å². The molecule has 8 bridgehead atoms. The average molecular weight is 432 g/mol. The summed E-state index contributed by atoms with van der Waals surface area (Å²) in [6.07, 6.45) is 5.73. The Morgan fingerprint density at radius 2 is 1.84 bits per heavy atom. The maximum atomic E-state index is 12.8. The summed E-state index contributed by atoms with van der Waals surface area (Å²) in [4.78, 5) is 24.6. The van der Waals surface area contributed by atoms with E-state index in [2.05, 4.69) is 40.2 Å². The van der Waals surface area contributed by atoms with Gasteiger partial charge in [0.15, 0.2) is 0 Å². The number of ketones is 1. The predicted molar refractivity (Wildman–Crippen MR) is 123 cm³/mol. The van der Waals surface area contributed by atoms with Gasteiger partial charge >= 0.3 is 0 Å². The van der Waals surface area contributed by atoms with Gasteiger partial charge < -0.3 is 0 Å². The molecular formula is C26H26ClN3O. The van der Waals surface area contributed by atoms with Crippen LogP contribution in [0, 0.1) is 5.92 Å². The first-order valence-corrected chi connectivity index (χ1v) is 11.5. The number of halogens is 1. The zero-order valence-electron chi connectivity index (χ0n) is 17.6. The van der Waals surface area contributed by atoms with Crippen LogP contribution < -0.4 is 0 Å². The first-order valence-electron chi connectivity index (χ1n) is 11.1. The topological polar surface area (TPSA) is 46.1 Å². The van der Waals surface area contributed by atoms with E-state index in [0.717, 1.165) is 66.6 Å². The summed E-state index contributed by atoms with van der Waals surface area (Å²) in [6.45, 7) is 2.82. The molecule has 4 nitrogen and oxygen atoms in total. The molecule has 5 heteroatoms. The second-order valence-corrected chi connectivity index (χ2v) is 9.08. The molecule has 1 aromatic heterocycles. The molecule has 158 valence electrons. The number of fused-ring (bicyclic) bond motifs is 4. The van der Waals surface area contributed by atoms with Crippen LogP contribution in [-0.2, 0) is 24.2 Å². The molecule has 0 saturated carbocycles. The maximum Gasteiger partial charge on any atom is 0.136 e. The summed E-state index contributed by atoms with van der Waals surface area (Å²) < 4.78 is 0. The van der Waals surface area contributed by atoms with Gasteiger partial charge in [0.25, 0.3) is 0 Å². The molecule has 31 heavy (non-hydrogen) atoms. The van der Waals surface area contributed by atoms with E-state index in [1.54, 1.807) is 0 Å². The maximum absolute atomic E-state index is 12.8. The molecule has 0 N–H and O–H groups in total. The van der Waals surface area contributed by atoms with E-state index in [1.165, 1.54) is 11.1 Å². The lowest BCUT2D eigenvalue weighted by atomic mass is 9.89. The fraction of sp³-hybridized carbons (Fsp3) is 0.346. The van der Waals surface area contributed by atoms with Gasteiger partial charge in [-0.1, -0.05) is 41.9 Å². The van der Waals surface area contributed by atoms with Crippen LogP contribution in [0.1, 0.15) is 41.8 Å². The Kier molecular flexibility index (Phi) is 5.84. The summed E-state index contributed by atoms with van der Waals surface area (Å²) in [6, 6.07) is 16.6. The minimum Gasteiger partial charge on any atom is -0.299 e. The van der Waals surface area contributed by atoms with E-state index in [9.17, 15) is 4.79 Å². The summed E-state index contributed by atoms with van der Waals surface area (Å²) in [5, 5.41) is 0.749. The Morgan fingerprint density at radius 3 is 2.71 bits per heavy atom. The summed E-state index contributed by atoms with van der Waals surface area (Å²) >= 11 is 6.52. The average Bonchev–Trinajstić information content (AvgIpc) is 2.80. The van der Waals surface area contributed by atoms with Crippen LogP contribution in [0.3, 0.4) is 0 Å². The van der Waals surface area contributed by atoms with Crippen LogP contribution in [-0.4, -0.2) is 33.7 Å². The number of piperidine rings is 1. The number of nitrogens with zero attached hydrogens (tertiary/aromatic N) is 3. The molecular weight excluding hydrogens is 406 g/mol. The molecule has 0 radical (unpaired) electrons. The third-order valence-corrected chi connectivity index (χ3v) is 6.86. The van der Waals surface area contributed by atoms with Gasteiger partial charge in [0.1, 0.15) is 11.6 Å². The lowest BCUT2D eigenvalue weighted by Gasteiger charge is -2.31. The van der Waals surface area contributed by atoms with Crippen molar-refractivity contribution in [3.8, 4) is 11.3 Å².